The molecule has 80 valence electrons. The molecule has 0 spiro atoms. The molecule has 0 aliphatic carbocycles. The minimum Gasteiger partial charge on any atom is -0.367 e. The summed E-state index contributed by atoms with van der Waals surface area (Å²) >= 11 is 0. The highest BCUT2D eigenvalue weighted by atomic mass is 15.2. The van der Waals surface area contributed by atoms with E-state index in [-0.39, 0.29) is 5.41 Å². The molecule has 0 bridgehead atoms. The second-order valence-electron chi connectivity index (χ2n) is 4.64. The average Bonchev–Trinajstić information content (AvgIpc) is 2.16. The van der Waals surface area contributed by atoms with Crippen LogP contribution in [-0.2, 0) is 0 Å². The maximum Gasteiger partial charge on any atom is 0.166 e. The van der Waals surface area contributed by atoms with Crippen LogP contribution in [0.15, 0.2) is 12.3 Å². The van der Waals surface area contributed by atoms with E-state index < -0.39 is 0 Å². The van der Waals surface area contributed by atoms with E-state index in [0.717, 1.165) is 13.0 Å². The van der Waals surface area contributed by atoms with Crippen LogP contribution in [0.1, 0.15) is 32.8 Å². The minimum atomic E-state index is 0.280. The van der Waals surface area contributed by atoms with E-state index in [0.29, 0.717) is 11.4 Å². The standard InChI is InChI=1S/C11H16N4/c1-11(2,3)5-7-13-10-9(8-12)4-6-14-15-10/h4,6H,5,7H2,1-3H3,(H,13,15). The van der Waals surface area contributed by atoms with Gasteiger partial charge in [0.2, 0.25) is 0 Å². The Bertz CT molecular complexity index is 360. The first-order chi connectivity index (χ1) is 7.03. The Labute approximate surface area is 90.3 Å². The molecule has 4 nitrogen and oxygen atoms in total. The molecule has 15 heavy (non-hydrogen) atoms. The van der Waals surface area contributed by atoms with Crippen LogP contribution in [0.2, 0.25) is 0 Å². The maximum atomic E-state index is 8.82. The van der Waals surface area contributed by atoms with E-state index in [9.17, 15) is 0 Å². The summed E-state index contributed by atoms with van der Waals surface area (Å²) in [5, 5.41) is 19.6. The fraction of sp³-hybridized carbons (Fsp3) is 0.545. The molecule has 0 aliphatic heterocycles. The molecule has 0 amide bonds. The van der Waals surface area contributed by atoms with Crippen molar-refractivity contribution in [3.05, 3.63) is 17.8 Å². The van der Waals surface area contributed by atoms with Gasteiger partial charge in [-0.15, -0.1) is 5.10 Å². The first-order valence-corrected chi connectivity index (χ1v) is 4.98. The summed E-state index contributed by atoms with van der Waals surface area (Å²) in [7, 11) is 0. The summed E-state index contributed by atoms with van der Waals surface area (Å²) in [6.07, 6.45) is 2.54. The topological polar surface area (TPSA) is 61.6 Å². The third-order valence-electron chi connectivity index (χ3n) is 2.01. The maximum absolute atomic E-state index is 8.82. The number of nitrogens with zero attached hydrogens (tertiary/aromatic N) is 3. The van der Waals surface area contributed by atoms with Crippen LogP contribution in [0.4, 0.5) is 5.82 Å². The smallest absolute Gasteiger partial charge is 0.166 e. The van der Waals surface area contributed by atoms with Crippen LogP contribution >= 0.6 is 0 Å². The van der Waals surface area contributed by atoms with Crippen LogP contribution in [0, 0.1) is 16.7 Å². The summed E-state index contributed by atoms with van der Waals surface area (Å²) < 4.78 is 0. The van der Waals surface area contributed by atoms with Gasteiger partial charge in [0, 0.05) is 6.54 Å². The van der Waals surface area contributed by atoms with Crippen molar-refractivity contribution < 1.29 is 0 Å². The zero-order valence-corrected chi connectivity index (χ0v) is 9.41. The third-order valence-corrected chi connectivity index (χ3v) is 2.01. The van der Waals surface area contributed by atoms with Gasteiger partial charge in [-0.3, -0.25) is 0 Å². The molecular formula is C11H16N4. The highest BCUT2D eigenvalue weighted by molar-refractivity contribution is 5.49. The van der Waals surface area contributed by atoms with E-state index in [1.165, 1.54) is 6.20 Å². The quantitative estimate of drug-likeness (QED) is 0.819. The Morgan fingerprint density at radius 1 is 1.47 bits per heavy atom. The Kier molecular flexibility index (Phi) is 3.62. The van der Waals surface area contributed by atoms with Gasteiger partial charge in [0.1, 0.15) is 6.07 Å². The SMILES string of the molecule is CC(C)(C)CCNc1nnccc1C#N. The van der Waals surface area contributed by atoms with Crippen LogP contribution in [0.3, 0.4) is 0 Å². The molecule has 0 unspecified atom stereocenters. The zero-order chi connectivity index (χ0) is 11.3. The van der Waals surface area contributed by atoms with Crippen LogP contribution in [0.5, 0.6) is 0 Å². The van der Waals surface area contributed by atoms with Gasteiger partial charge in [-0.1, -0.05) is 20.8 Å². The lowest BCUT2D eigenvalue weighted by molar-refractivity contribution is 0.389. The highest BCUT2D eigenvalue weighted by Crippen LogP contribution is 2.18. The van der Waals surface area contributed by atoms with Gasteiger partial charge < -0.3 is 5.32 Å². The molecule has 1 rings (SSSR count). The van der Waals surface area contributed by atoms with Crippen molar-refractivity contribution in [2.24, 2.45) is 5.41 Å². The third kappa shape index (κ3) is 3.94. The first kappa shape index (κ1) is 11.4. The van der Waals surface area contributed by atoms with Gasteiger partial charge in [0.15, 0.2) is 5.82 Å². The van der Waals surface area contributed by atoms with Gasteiger partial charge >= 0.3 is 0 Å². The number of hydrogen-bond acceptors (Lipinski definition) is 4. The summed E-state index contributed by atoms with van der Waals surface area (Å²) in [5.74, 6) is 0.573. The van der Waals surface area contributed by atoms with Gasteiger partial charge in [0.25, 0.3) is 0 Å². The normalized spacial score (nSPS) is 10.8. The fourth-order valence-electron chi connectivity index (χ4n) is 1.11. The van der Waals surface area contributed by atoms with Gasteiger partial charge in [0.05, 0.1) is 11.8 Å². The van der Waals surface area contributed by atoms with E-state index in [1.54, 1.807) is 6.07 Å². The largest absolute Gasteiger partial charge is 0.367 e. The number of anilines is 1. The highest BCUT2D eigenvalue weighted by Gasteiger charge is 2.10. The van der Waals surface area contributed by atoms with Crippen molar-refractivity contribution in [3.63, 3.8) is 0 Å². The van der Waals surface area contributed by atoms with Crippen molar-refractivity contribution >= 4 is 5.82 Å². The van der Waals surface area contributed by atoms with Gasteiger partial charge in [-0.25, -0.2) is 0 Å². The number of nitrogens with one attached hydrogen (secondary N) is 1. The van der Waals surface area contributed by atoms with E-state index >= 15 is 0 Å². The average molecular weight is 204 g/mol. The van der Waals surface area contributed by atoms with Crippen molar-refractivity contribution in [1.29, 1.82) is 5.26 Å². The van der Waals surface area contributed by atoms with Crippen molar-refractivity contribution in [2.45, 2.75) is 27.2 Å². The van der Waals surface area contributed by atoms with Gasteiger partial charge in [-0.2, -0.15) is 10.4 Å². The van der Waals surface area contributed by atoms with Gasteiger partial charge in [-0.05, 0) is 17.9 Å². The molecule has 0 radical (unpaired) electrons. The lowest BCUT2D eigenvalue weighted by Crippen LogP contribution is -2.14. The molecule has 0 aliphatic rings. The monoisotopic (exact) mass is 204 g/mol. The summed E-state index contributed by atoms with van der Waals surface area (Å²) in [6.45, 7) is 7.33. The Morgan fingerprint density at radius 3 is 2.80 bits per heavy atom. The molecule has 0 saturated heterocycles. The van der Waals surface area contributed by atoms with Crippen LogP contribution in [-0.4, -0.2) is 16.7 Å². The number of hydrogen-bond donors (Lipinski definition) is 1. The number of nitriles is 1. The molecule has 0 aromatic carbocycles. The Hall–Kier alpha value is -1.63. The summed E-state index contributed by atoms with van der Waals surface area (Å²) in [6, 6.07) is 3.74. The number of aromatic nitrogens is 2. The molecule has 0 saturated carbocycles. The first-order valence-electron chi connectivity index (χ1n) is 4.98. The van der Waals surface area contributed by atoms with E-state index in [1.807, 2.05) is 0 Å². The summed E-state index contributed by atoms with van der Waals surface area (Å²) in [5.41, 5.74) is 0.820. The Balaban J connectivity index is 2.55. The van der Waals surface area contributed by atoms with E-state index in [4.69, 9.17) is 5.26 Å². The molecular weight excluding hydrogens is 188 g/mol. The fourth-order valence-corrected chi connectivity index (χ4v) is 1.11. The number of rotatable bonds is 3. The molecule has 0 fully saturated rings. The summed E-state index contributed by atoms with van der Waals surface area (Å²) in [4.78, 5) is 0. The predicted molar refractivity (Wildman–Crippen MR) is 59.3 cm³/mol. The molecule has 1 N–H and O–H groups in total. The molecule has 4 heteroatoms. The second kappa shape index (κ2) is 4.74. The second-order valence-corrected chi connectivity index (χ2v) is 4.64. The van der Waals surface area contributed by atoms with Crippen molar-refractivity contribution in [1.82, 2.24) is 10.2 Å². The zero-order valence-electron chi connectivity index (χ0n) is 9.41. The minimum absolute atomic E-state index is 0.280. The Morgan fingerprint density at radius 2 is 2.20 bits per heavy atom. The van der Waals surface area contributed by atoms with Crippen LogP contribution < -0.4 is 5.32 Å². The van der Waals surface area contributed by atoms with E-state index in [2.05, 4.69) is 42.4 Å². The molecule has 1 aromatic rings. The van der Waals surface area contributed by atoms with Crippen molar-refractivity contribution in [2.75, 3.05) is 11.9 Å². The lowest BCUT2D eigenvalue weighted by atomic mass is 9.92. The molecule has 1 heterocycles. The van der Waals surface area contributed by atoms with Crippen molar-refractivity contribution in [3.8, 4) is 6.07 Å². The predicted octanol–water partition coefficient (Wildman–Crippen LogP) is 2.20. The molecule has 0 atom stereocenters. The lowest BCUT2D eigenvalue weighted by Gasteiger charge is -2.18. The molecule has 1 aromatic heterocycles. The van der Waals surface area contributed by atoms with Crippen LogP contribution in [0.25, 0.3) is 0 Å².